The van der Waals surface area contributed by atoms with Gasteiger partial charge in [0, 0.05) is 12.1 Å². The molecule has 2 aromatic carbocycles. The molecule has 0 aromatic heterocycles. The fourth-order valence-corrected chi connectivity index (χ4v) is 2.27. The molecule has 0 saturated heterocycles. The Hall–Kier alpha value is -2.80. The Bertz CT molecular complexity index is 739. The van der Waals surface area contributed by atoms with E-state index in [0.717, 1.165) is 0 Å². The minimum absolute atomic E-state index is 0.0424. The molecule has 0 spiro atoms. The van der Waals surface area contributed by atoms with E-state index in [2.05, 4.69) is 10.6 Å². The molecular weight excluding hydrogens is 348 g/mol. The highest BCUT2D eigenvalue weighted by Gasteiger charge is 2.12. The van der Waals surface area contributed by atoms with Gasteiger partial charge in [0.15, 0.2) is 18.2 Å². The maximum absolute atomic E-state index is 12.0. The number of nitrogens with one attached hydrogen (secondary N) is 2. The number of ether oxygens (including phenoxy) is 4. The van der Waals surface area contributed by atoms with Gasteiger partial charge in [-0.3, -0.25) is 0 Å². The van der Waals surface area contributed by atoms with Crippen LogP contribution < -0.4 is 29.6 Å². The number of urea groups is 1. The summed E-state index contributed by atoms with van der Waals surface area (Å²) in [4.78, 5) is 12.0. The van der Waals surface area contributed by atoms with Gasteiger partial charge in [-0.15, -0.1) is 0 Å². The maximum Gasteiger partial charge on any atom is 0.321 e. The van der Waals surface area contributed by atoms with E-state index in [9.17, 15) is 4.79 Å². The third-order valence-electron chi connectivity index (χ3n) is 3.25. The monoisotopic (exact) mass is 366 g/mol. The van der Waals surface area contributed by atoms with Crippen LogP contribution in [0.2, 0.25) is 5.02 Å². The zero-order valence-electron chi connectivity index (χ0n) is 14.1. The summed E-state index contributed by atoms with van der Waals surface area (Å²) in [5, 5.41) is 5.61. The molecule has 0 aliphatic heterocycles. The smallest absolute Gasteiger partial charge is 0.321 e. The SMILES string of the molecule is COc1cc(NC(=O)NCOc2ccccc2OC)c(OC)cc1Cl. The Morgan fingerprint density at radius 3 is 2.24 bits per heavy atom. The molecule has 2 aromatic rings. The van der Waals surface area contributed by atoms with Gasteiger partial charge in [-0.25, -0.2) is 4.79 Å². The third kappa shape index (κ3) is 4.84. The van der Waals surface area contributed by atoms with Crippen molar-refractivity contribution in [3.8, 4) is 23.0 Å². The Morgan fingerprint density at radius 2 is 1.60 bits per heavy atom. The van der Waals surface area contributed by atoms with Gasteiger partial charge in [0.1, 0.15) is 11.5 Å². The Morgan fingerprint density at radius 1 is 0.960 bits per heavy atom. The highest BCUT2D eigenvalue weighted by molar-refractivity contribution is 6.32. The summed E-state index contributed by atoms with van der Waals surface area (Å²) in [6, 6.07) is 9.79. The molecule has 0 unspecified atom stereocenters. The van der Waals surface area contributed by atoms with Gasteiger partial charge in [0.2, 0.25) is 0 Å². The number of anilines is 1. The zero-order valence-corrected chi connectivity index (χ0v) is 14.8. The summed E-state index contributed by atoms with van der Waals surface area (Å²) in [5.41, 5.74) is 0.415. The second kappa shape index (κ2) is 8.89. The normalized spacial score (nSPS) is 9.92. The van der Waals surface area contributed by atoms with Gasteiger partial charge in [0.05, 0.1) is 32.0 Å². The van der Waals surface area contributed by atoms with E-state index in [1.165, 1.54) is 14.2 Å². The predicted octanol–water partition coefficient (Wildman–Crippen LogP) is 3.52. The number of para-hydroxylation sites is 2. The van der Waals surface area contributed by atoms with Crippen LogP contribution >= 0.6 is 11.6 Å². The van der Waals surface area contributed by atoms with Crippen LogP contribution in [0.3, 0.4) is 0 Å². The van der Waals surface area contributed by atoms with E-state index in [1.54, 1.807) is 31.4 Å². The van der Waals surface area contributed by atoms with Crippen LogP contribution in [0, 0.1) is 0 Å². The fraction of sp³-hybridized carbons (Fsp3) is 0.235. The molecule has 0 heterocycles. The second-order valence-corrected chi connectivity index (χ2v) is 5.16. The fourth-order valence-electron chi connectivity index (χ4n) is 2.04. The molecule has 0 atom stereocenters. The van der Waals surface area contributed by atoms with Gasteiger partial charge in [-0.2, -0.15) is 0 Å². The van der Waals surface area contributed by atoms with Crippen LogP contribution in [-0.2, 0) is 0 Å². The zero-order chi connectivity index (χ0) is 18.2. The first-order valence-electron chi connectivity index (χ1n) is 7.31. The highest BCUT2D eigenvalue weighted by atomic mass is 35.5. The van der Waals surface area contributed by atoms with E-state index in [4.69, 9.17) is 30.5 Å². The van der Waals surface area contributed by atoms with Crippen molar-refractivity contribution in [3.63, 3.8) is 0 Å². The number of halogens is 1. The summed E-state index contributed by atoms with van der Waals surface area (Å²) in [6.45, 7) is -0.0424. The maximum atomic E-state index is 12.0. The van der Waals surface area contributed by atoms with Crippen molar-refractivity contribution in [1.29, 1.82) is 0 Å². The molecule has 8 heteroatoms. The van der Waals surface area contributed by atoms with E-state index < -0.39 is 6.03 Å². The minimum atomic E-state index is -0.474. The molecule has 0 saturated carbocycles. The van der Waals surface area contributed by atoms with Crippen molar-refractivity contribution in [1.82, 2.24) is 5.32 Å². The highest BCUT2D eigenvalue weighted by Crippen LogP contribution is 2.35. The van der Waals surface area contributed by atoms with Gasteiger partial charge in [-0.05, 0) is 12.1 Å². The van der Waals surface area contributed by atoms with E-state index in [0.29, 0.717) is 33.7 Å². The lowest BCUT2D eigenvalue weighted by molar-refractivity contribution is 0.231. The van der Waals surface area contributed by atoms with Crippen LogP contribution in [0.5, 0.6) is 23.0 Å². The number of carbonyl (C=O) groups excluding carboxylic acids is 1. The molecule has 2 rings (SSSR count). The Labute approximate surface area is 150 Å². The van der Waals surface area contributed by atoms with E-state index in [1.807, 2.05) is 12.1 Å². The molecule has 0 fully saturated rings. The van der Waals surface area contributed by atoms with Crippen molar-refractivity contribution < 1.29 is 23.7 Å². The Balaban J connectivity index is 1.96. The number of benzene rings is 2. The minimum Gasteiger partial charge on any atom is -0.495 e. The average molecular weight is 367 g/mol. The van der Waals surface area contributed by atoms with Crippen LogP contribution in [0.4, 0.5) is 10.5 Å². The number of carbonyl (C=O) groups is 1. The second-order valence-electron chi connectivity index (χ2n) is 4.76. The van der Waals surface area contributed by atoms with Gasteiger partial charge < -0.3 is 29.6 Å². The predicted molar refractivity (Wildman–Crippen MR) is 95.2 cm³/mol. The molecule has 7 nitrogen and oxygen atoms in total. The van der Waals surface area contributed by atoms with Crippen molar-refractivity contribution in [2.75, 3.05) is 33.4 Å². The number of rotatable bonds is 7. The first-order valence-corrected chi connectivity index (χ1v) is 7.69. The lowest BCUT2D eigenvalue weighted by Crippen LogP contribution is -2.32. The molecule has 25 heavy (non-hydrogen) atoms. The van der Waals surface area contributed by atoms with Crippen molar-refractivity contribution in [2.45, 2.75) is 0 Å². The largest absolute Gasteiger partial charge is 0.495 e. The number of hydrogen-bond donors (Lipinski definition) is 2. The number of methoxy groups -OCH3 is 3. The number of amides is 2. The summed E-state index contributed by atoms with van der Waals surface area (Å²) >= 11 is 6.03. The summed E-state index contributed by atoms with van der Waals surface area (Å²) in [5.74, 6) is 1.93. The topological polar surface area (TPSA) is 78.1 Å². The van der Waals surface area contributed by atoms with E-state index >= 15 is 0 Å². The molecule has 0 aliphatic rings. The third-order valence-corrected chi connectivity index (χ3v) is 3.55. The molecule has 0 bridgehead atoms. The van der Waals surface area contributed by atoms with Gasteiger partial charge in [0.25, 0.3) is 0 Å². The first-order chi connectivity index (χ1) is 12.1. The lowest BCUT2D eigenvalue weighted by atomic mass is 10.2. The molecule has 2 amide bonds. The van der Waals surface area contributed by atoms with Crippen LogP contribution in [-0.4, -0.2) is 34.1 Å². The van der Waals surface area contributed by atoms with Crippen LogP contribution in [0.1, 0.15) is 0 Å². The number of hydrogen-bond acceptors (Lipinski definition) is 5. The summed E-state index contributed by atoms with van der Waals surface area (Å²) < 4.78 is 21.0. The quantitative estimate of drug-likeness (QED) is 0.733. The molecule has 0 aliphatic carbocycles. The van der Waals surface area contributed by atoms with Crippen molar-refractivity contribution in [3.05, 3.63) is 41.4 Å². The summed E-state index contributed by atoms with van der Waals surface area (Å²) in [7, 11) is 4.51. The standard InChI is InChI=1S/C17H19ClN2O5/c1-22-13-6-4-5-7-14(13)25-10-19-17(21)20-12-9-15(23-2)11(18)8-16(12)24-3/h4-9H,10H2,1-3H3,(H2,19,20,21). The van der Waals surface area contributed by atoms with Crippen molar-refractivity contribution >= 4 is 23.3 Å². The average Bonchev–Trinajstić information content (AvgIpc) is 2.63. The van der Waals surface area contributed by atoms with Crippen molar-refractivity contribution in [2.24, 2.45) is 0 Å². The first kappa shape index (κ1) is 18.5. The summed E-state index contributed by atoms with van der Waals surface area (Å²) in [6.07, 6.45) is 0. The molecule has 0 radical (unpaired) electrons. The van der Waals surface area contributed by atoms with E-state index in [-0.39, 0.29) is 6.73 Å². The van der Waals surface area contributed by atoms with Gasteiger partial charge >= 0.3 is 6.03 Å². The van der Waals surface area contributed by atoms with Crippen LogP contribution in [0.15, 0.2) is 36.4 Å². The van der Waals surface area contributed by atoms with Crippen LogP contribution in [0.25, 0.3) is 0 Å². The Kier molecular flexibility index (Phi) is 6.59. The lowest BCUT2D eigenvalue weighted by Gasteiger charge is -2.14. The molecule has 2 N–H and O–H groups in total. The molecular formula is C17H19ClN2O5. The van der Waals surface area contributed by atoms with Gasteiger partial charge in [-0.1, -0.05) is 23.7 Å². The molecule has 134 valence electrons.